The molecule has 0 fully saturated rings. The maximum Gasteiger partial charge on any atom is 0.241 e. The summed E-state index contributed by atoms with van der Waals surface area (Å²) in [7, 11) is 3.35. The van der Waals surface area contributed by atoms with Gasteiger partial charge in [0.1, 0.15) is 0 Å². The quantitative estimate of drug-likeness (QED) is 0.639. The van der Waals surface area contributed by atoms with Gasteiger partial charge >= 0.3 is 0 Å². The molecule has 1 rings (SSSR count). The van der Waals surface area contributed by atoms with Gasteiger partial charge < -0.3 is 20.4 Å². The molecule has 26 heavy (non-hydrogen) atoms. The molecule has 0 heterocycles. The molecule has 2 N–H and O–H groups in total. The minimum absolute atomic E-state index is 0.0526. The number of nitrogens with one attached hydrogen (secondary N) is 2. The van der Waals surface area contributed by atoms with Crippen LogP contribution in [0.4, 0.5) is 5.69 Å². The number of carbonyl (C=O) groups excluding carboxylic acids is 2. The second-order valence-corrected chi connectivity index (χ2v) is 6.72. The summed E-state index contributed by atoms with van der Waals surface area (Å²) >= 11 is 0. The average molecular weight is 359 g/mol. The molecule has 7 nitrogen and oxygen atoms in total. The molecule has 0 radical (unpaired) electrons. The van der Waals surface area contributed by atoms with Gasteiger partial charge in [0.05, 0.1) is 24.7 Å². The van der Waals surface area contributed by atoms with Gasteiger partial charge in [-0.05, 0) is 24.6 Å². The van der Waals surface area contributed by atoms with E-state index in [-0.39, 0.29) is 24.9 Å². The Labute approximate surface area is 156 Å². The Bertz CT molecular complexity index is 664. The van der Waals surface area contributed by atoms with Crippen LogP contribution in [0, 0.1) is 18.3 Å². The Morgan fingerprint density at radius 1 is 1.19 bits per heavy atom. The van der Waals surface area contributed by atoms with E-state index >= 15 is 0 Å². The zero-order valence-corrected chi connectivity index (χ0v) is 16.3. The van der Waals surface area contributed by atoms with E-state index in [1.807, 2.05) is 26.8 Å². The van der Waals surface area contributed by atoms with Gasteiger partial charge in [-0.15, -0.1) is 0 Å². The Balaban J connectivity index is 2.87. The van der Waals surface area contributed by atoms with Crippen molar-refractivity contribution in [1.82, 2.24) is 15.5 Å². The molecular weight excluding hydrogens is 330 g/mol. The van der Waals surface area contributed by atoms with Crippen LogP contribution in [0.2, 0.25) is 0 Å². The fourth-order valence-corrected chi connectivity index (χ4v) is 2.34. The molecule has 0 unspecified atom stereocenters. The summed E-state index contributed by atoms with van der Waals surface area (Å²) in [4.78, 5) is 27.7. The van der Waals surface area contributed by atoms with Gasteiger partial charge in [0.15, 0.2) is 0 Å². The van der Waals surface area contributed by atoms with E-state index in [2.05, 4.69) is 16.7 Å². The lowest BCUT2D eigenvalue weighted by Crippen LogP contribution is -2.44. The van der Waals surface area contributed by atoms with Crippen molar-refractivity contribution < 1.29 is 9.59 Å². The molecule has 2 amide bonds. The zero-order valence-electron chi connectivity index (χ0n) is 16.3. The third-order valence-electron chi connectivity index (χ3n) is 3.84. The molecule has 0 saturated carbocycles. The molecule has 0 saturated heterocycles. The topological polar surface area (TPSA) is 88.5 Å². The van der Waals surface area contributed by atoms with Crippen molar-refractivity contribution in [3.8, 4) is 6.07 Å². The highest BCUT2D eigenvalue weighted by molar-refractivity contribution is 5.86. The van der Waals surface area contributed by atoms with Gasteiger partial charge in [0, 0.05) is 38.9 Å². The van der Waals surface area contributed by atoms with Crippen LogP contribution in [0.3, 0.4) is 0 Å². The van der Waals surface area contributed by atoms with Crippen molar-refractivity contribution in [3.63, 3.8) is 0 Å². The van der Waals surface area contributed by atoms with E-state index in [1.54, 1.807) is 31.1 Å². The Morgan fingerprint density at radius 2 is 1.88 bits per heavy atom. The molecule has 142 valence electrons. The molecule has 0 aliphatic heterocycles. The number of amides is 2. The Kier molecular flexibility index (Phi) is 8.59. The summed E-state index contributed by atoms with van der Waals surface area (Å²) in [6, 6.07) is 7.72. The van der Waals surface area contributed by atoms with Crippen molar-refractivity contribution in [3.05, 3.63) is 29.3 Å². The lowest BCUT2D eigenvalue weighted by atomic mass is 10.1. The fraction of sp³-hybridized carbons (Fsp3) is 0.526. The number of nitrogens with zero attached hydrogens (tertiary/aromatic N) is 3. The summed E-state index contributed by atoms with van der Waals surface area (Å²) in [6.45, 7) is 7.31. The molecule has 0 aromatic heterocycles. The molecule has 0 bridgehead atoms. The number of carbonyl (C=O) groups is 2. The lowest BCUT2D eigenvalue weighted by Gasteiger charge is -2.27. The fourth-order valence-electron chi connectivity index (χ4n) is 2.34. The molecule has 0 aliphatic rings. The summed E-state index contributed by atoms with van der Waals surface area (Å²) in [5.74, 6) is -0.273. The first kappa shape index (κ1) is 21.5. The predicted octanol–water partition coefficient (Wildman–Crippen LogP) is 0.876. The van der Waals surface area contributed by atoms with Crippen LogP contribution in [0.1, 0.15) is 25.0 Å². The minimum Gasteiger partial charge on any atom is -0.353 e. The highest BCUT2D eigenvalue weighted by Crippen LogP contribution is 2.21. The van der Waals surface area contributed by atoms with Crippen LogP contribution in [0.5, 0.6) is 0 Å². The maximum atomic E-state index is 12.3. The number of nitriles is 1. The van der Waals surface area contributed by atoms with E-state index < -0.39 is 0 Å². The minimum atomic E-state index is -0.163. The summed E-state index contributed by atoms with van der Waals surface area (Å²) in [5.41, 5.74) is 2.12. The number of benzene rings is 1. The van der Waals surface area contributed by atoms with Gasteiger partial charge in [-0.3, -0.25) is 9.59 Å². The first-order chi connectivity index (χ1) is 12.2. The Hall–Kier alpha value is -2.59. The van der Waals surface area contributed by atoms with Crippen LogP contribution in [-0.2, 0) is 9.59 Å². The van der Waals surface area contributed by atoms with Crippen LogP contribution >= 0.6 is 0 Å². The molecule has 0 atom stereocenters. The van der Waals surface area contributed by atoms with E-state index in [4.69, 9.17) is 5.26 Å². The number of anilines is 1. The maximum absolute atomic E-state index is 12.3. The average Bonchev–Trinajstić information content (AvgIpc) is 2.58. The number of rotatable bonds is 9. The van der Waals surface area contributed by atoms with Crippen molar-refractivity contribution in [2.24, 2.45) is 0 Å². The van der Waals surface area contributed by atoms with E-state index in [0.29, 0.717) is 24.7 Å². The predicted molar refractivity (Wildman–Crippen MR) is 103 cm³/mol. The summed E-state index contributed by atoms with van der Waals surface area (Å²) in [6.07, 6.45) is 0. The van der Waals surface area contributed by atoms with Gasteiger partial charge in [-0.25, -0.2) is 0 Å². The Morgan fingerprint density at radius 3 is 2.46 bits per heavy atom. The van der Waals surface area contributed by atoms with Crippen molar-refractivity contribution in [2.75, 3.05) is 45.2 Å². The highest BCUT2D eigenvalue weighted by atomic mass is 16.2. The van der Waals surface area contributed by atoms with E-state index in [0.717, 1.165) is 11.3 Å². The number of aryl methyl sites for hydroxylation is 1. The zero-order chi connectivity index (χ0) is 19.7. The second-order valence-electron chi connectivity index (χ2n) is 6.72. The van der Waals surface area contributed by atoms with Crippen molar-refractivity contribution in [2.45, 2.75) is 26.8 Å². The summed E-state index contributed by atoms with van der Waals surface area (Å²) in [5, 5.41) is 15.2. The molecule has 0 aliphatic carbocycles. The van der Waals surface area contributed by atoms with Crippen LogP contribution in [-0.4, -0.2) is 63.0 Å². The van der Waals surface area contributed by atoms with Gasteiger partial charge in [0.2, 0.25) is 11.8 Å². The largest absolute Gasteiger partial charge is 0.353 e. The van der Waals surface area contributed by atoms with Crippen LogP contribution in [0.25, 0.3) is 0 Å². The SMILES string of the molecule is Cc1ccc(C#N)cc1N(CC(=O)NCCNC(C)C)CC(=O)N(C)C. The number of hydrogen-bond acceptors (Lipinski definition) is 5. The highest BCUT2D eigenvalue weighted by Gasteiger charge is 2.18. The molecule has 1 aromatic carbocycles. The first-order valence-electron chi connectivity index (χ1n) is 8.70. The van der Waals surface area contributed by atoms with Crippen LogP contribution < -0.4 is 15.5 Å². The van der Waals surface area contributed by atoms with Crippen molar-refractivity contribution in [1.29, 1.82) is 5.26 Å². The number of likely N-dealkylation sites (N-methyl/N-ethyl adjacent to an activating group) is 1. The summed E-state index contributed by atoms with van der Waals surface area (Å²) < 4.78 is 0. The monoisotopic (exact) mass is 359 g/mol. The molecular formula is C19H29N5O2. The van der Waals surface area contributed by atoms with Crippen LogP contribution in [0.15, 0.2) is 18.2 Å². The third kappa shape index (κ3) is 7.11. The molecule has 1 aromatic rings. The molecule has 0 spiro atoms. The second kappa shape index (κ2) is 10.4. The van der Waals surface area contributed by atoms with Gasteiger partial charge in [0.25, 0.3) is 0 Å². The third-order valence-corrected chi connectivity index (χ3v) is 3.84. The lowest BCUT2D eigenvalue weighted by molar-refractivity contribution is -0.127. The van der Waals surface area contributed by atoms with Crippen molar-refractivity contribution >= 4 is 17.5 Å². The molecule has 7 heteroatoms. The number of hydrogen-bond donors (Lipinski definition) is 2. The standard InChI is InChI=1S/C19H29N5O2/c1-14(2)21-8-9-22-18(25)12-24(13-19(26)23(4)5)17-10-16(11-20)7-6-15(17)3/h6-7,10,14,21H,8-9,12-13H2,1-5H3,(H,22,25). The van der Waals surface area contributed by atoms with Gasteiger partial charge in [-0.2, -0.15) is 5.26 Å². The smallest absolute Gasteiger partial charge is 0.241 e. The first-order valence-corrected chi connectivity index (χ1v) is 8.70. The van der Waals surface area contributed by atoms with E-state index in [1.165, 1.54) is 4.90 Å². The van der Waals surface area contributed by atoms with E-state index in [9.17, 15) is 9.59 Å². The normalized spacial score (nSPS) is 10.3. The van der Waals surface area contributed by atoms with Gasteiger partial charge in [-0.1, -0.05) is 19.9 Å².